The number of hydrogen-bond donors (Lipinski definition) is 2. The topological polar surface area (TPSA) is 80.6 Å². The SMILES string of the molecule is COc1cccc(C(=O)Nc2ccccc2C(=O)NCc2ccco2)c1. The molecular formula is C20H18N2O4. The minimum absolute atomic E-state index is 0.268. The van der Waals surface area contributed by atoms with Crippen molar-refractivity contribution in [1.29, 1.82) is 0 Å². The van der Waals surface area contributed by atoms with Crippen LogP contribution in [0.2, 0.25) is 0 Å². The highest BCUT2D eigenvalue weighted by atomic mass is 16.5. The molecule has 0 fully saturated rings. The molecule has 0 aliphatic heterocycles. The maximum Gasteiger partial charge on any atom is 0.255 e. The summed E-state index contributed by atoms with van der Waals surface area (Å²) in [4.78, 5) is 24.9. The lowest BCUT2D eigenvalue weighted by molar-refractivity contribution is 0.0949. The van der Waals surface area contributed by atoms with Crippen molar-refractivity contribution in [3.63, 3.8) is 0 Å². The van der Waals surface area contributed by atoms with Gasteiger partial charge in [-0.05, 0) is 42.5 Å². The fraction of sp³-hybridized carbons (Fsp3) is 0.100. The number of nitrogens with one attached hydrogen (secondary N) is 2. The van der Waals surface area contributed by atoms with Gasteiger partial charge >= 0.3 is 0 Å². The van der Waals surface area contributed by atoms with Gasteiger partial charge in [-0.25, -0.2) is 0 Å². The summed E-state index contributed by atoms with van der Waals surface area (Å²) >= 11 is 0. The smallest absolute Gasteiger partial charge is 0.255 e. The molecule has 0 aliphatic rings. The molecule has 1 aromatic heterocycles. The van der Waals surface area contributed by atoms with Crippen LogP contribution in [0.4, 0.5) is 5.69 Å². The second-order valence-electron chi connectivity index (χ2n) is 5.49. The lowest BCUT2D eigenvalue weighted by atomic mass is 10.1. The number of anilines is 1. The molecule has 0 bridgehead atoms. The first-order valence-electron chi connectivity index (χ1n) is 8.02. The molecule has 0 atom stereocenters. The molecule has 2 aromatic carbocycles. The molecule has 0 spiro atoms. The average Bonchev–Trinajstić information content (AvgIpc) is 3.20. The molecule has 1 heterocycles. The van der Waals surface area contributed by atoms with E-state index in [0.29, 0.717) is 28.3 Å². The molecule has 26 heavy (non-hydrogen) atoms. The number of methoxy groups -OCH3 is 1. The molecule has 0 aliphatic carbocycles. The molecule has 2 N–H and O–H groups in total. The average molecular weight is 350 g/mol. The summed E-state index contributed by atoms with van der Waals surface area (Å²) in [6.07, 6.45) is 1.55. The third-order valence-electron chi connectivity index (χ3n) is 3.76. The first-order valence-corrected chi connectivity index (χ1v) is 8.02. The lowest BCUT2D eigenvalue weighted by Crippen LogP contribution is -2.24. The van der Waals surface area contributed by atoms with Crippen LogP contribution in [0.3, 0.4) is 0 Å². The second-order valence-corrected chi connectivity index (χ2v) is 5.49. The molecule has 3 rings (SSSR count). The summed E-state index contributed by atoms with van der Waals surface area (Å²) in [5.41, 5.74) is 1.24. The highest BCUT2D eigenvalue weighted by Crippen LogP contribution is 2.18. The molecule has 0 radical (unpaired) electrons. The normalized spacial score (nSPS) is 10.2. The van der Waals surface area contributed by atoms with Crippen LogP contribution in [0.5, 0.6) is 5.75 Å². The van der Waals surface area contributed by atoms with Gasteiger partial charge in [-0.1, -0.05) is 18.2 Å². The van der Waals surface area contributed by atoms with Crippen molar-refractivity contribution in [2.45, 2.75) is 6.54 Å². The standard InChI is InChI=1S/C20H18N2O4/c1-25-15-7-4-6-14(12-15)19(23)22-18-10-3-2-9-17(18)20(24)21-13-16-8-5-11-26-16/h2-12H,13H2,1H3,(H,21,24)(H,22,23). The van der Waals surface area contributed by atoms with Gasteiger partial charge in [-0.3, -0.25) is 9.59 Å². The number of carbonyl (C=O) groups excluding carboxylic acids is 2. The van der Waals surface area contributed by atoms with E-state index in [-0.39, 0.29) is 18.4 Å². The van der Waals surface area contributed by atoms with Gasteiger partial charge in [-0.15, -0.1) is 0 Å². The van der Waals surface area contributed by atoms with Gasteiger partial charge in [0.15, 0.2) is 0 Å². The fourth-order valence-electron chi connectivity index (χ4n) is 2.42. The number of benzene rings is 2. The monoisotopic (exact) mass is 350 g/mol. The number of rotatable bonds is 6. The first kappa shape index (κ1) is 17.3. The maximum absolute atomic E-state index is 12.5. The van der Waals surface area contributed by atoms with Gasteiger partial charge in [0, 0.05) is 5.56 Å². The molecule has 0 saturated heterocycles. The second kappa shape index (κ2) is 8.02. The predicted octanol–water partition coefficient (Wildman–Crippen LogP) is 3.47. The van der Waals surface area contributed by atoms with Crippen molar-refractivity contribution >= 4 is 17.5 Å². The molecule has 132 valence electrons. The highest BCUT2D eigenvalue weighted by Gasteiger charge is 2.14. The maximum atomic E-state index is 12.5. The van der Waals surface area contributed by atoms with Crippen LogP contribution in [0.1, 0.15) is 26.5 Å². The van der Waals surface area contributed by atoms with E-state index in [2.05, 4.69) is 10.6 Å². The Kier molecular flexibility index (Phi) is 5.34. The number of hydrogen-bond acceptors (Lipinski definition) is 4. The minimum Gasteiger partial charge on any atom is -0.497 e. The van der Waals surface area contributed by atoms with Crippen molar-refractivity contribution in [2.75, 3.05) is 12.4 Å². The van der Waals surface area contributed by atoms with Gasteiger partial charge in [0.25, 0.3) is 11.8 Å². The van der Waals surface area contributed by atoms with Crippen molar-refractivity contribution in [1.82, 2.24) is 5.32 Å². The van der Waals surface area contributed by atoms with E-state index in [9.17, 15) is 9.59 Å². The van der Waals surface area contributed by atoms with Crippen LogP contribution in [0, 0.1) is 0 Å². The number of furan rings is 1. The number of amides is 2. The van der Waals surface area contributed by atoms with Crippen LogP contribution in [-0.2, 0) is 6.54 Å². The molecular weight excluding hydrogens is 332 g/mol. The van der Waals surface area contributed by atoms with E-state index in [4.69, 9.17) is 9.15 Å². The summed E-state index contributed by atoms with van der Waals surface area (Å²) in [6.45, 7) is 0.268. The van der Waals surface area contributed by atoms with E-state index in [1.165, 1.54) is 7.11 Å². The van der Waals surface area contributed by atoms with E-state index in [1.807, 2.05) is 0 Å². The Balaban J connectivity index is 1.73. The van der Waals surface area contributed by atoms with Gasteiger partial charge in [-0.2, -0.15) is 0 Å². The Hall–Kier alpha value is -3.54. The van der Waals surface area contributed by atoms with Crippen molar-refractivity contribution in [3.8, 4) is 5.75 Å². The minimum atomic E-state index is -0.324. The Morgan fingerprint density at radius 2 is 1.85 bits per heavy atom. The van der Waals surface area contributed by atoms with Crippen molar-refractivity contribution < 1.29 is 18.7 Å². The largest absolute Gasteiger partial charge is 0.497 e. The van der Waals surface area contributed by atoms with E-state index in [1.54, 1.807) is 66.9 Å². The van der Waals surface area contributed by atoms with E-state index >= 15 is 0 Å². The Labute approximate surface area is 150 Å². The Morgan fingerprint density at radius 3 is 2.62 bits per heavy atom. The van der Waals surface area contributed by atoms with Crippen molar-refractivity contribution in [2.24, 2.45) is 0 Å². The number of carbonyl (C=O) groups is 2. The summed E-state index contributed by atoms with van der Waals surface area (Å²) in [5, 5.41) is 5.54. The van der Waals surface area contributed by atoms with Crippen LogP contribution in [-0.4, -0.2) is 18.9 Å². The zero-order chi connectivity index (χ0) is 18.4. The van der Waals surface area contributed by atoms with E-state index in [0.717, 1.165) is 0 Å². The summed E-state index contributed by atoms with van der Waals surface area (Å²) in [7, 11) is 1.54. The quantitative estimate of drug-likeness (QED) is 0.713. The molecule has 0 saturated carbocycles. The third-order valence-corrected chi connectivity index (χ3v) is 3.76. The van der Waals surface area contributed by atoms with E-state index < -0.39 is 0 Å². The Bertz CT molecular complexity index is 904. The predicted molar refractivity (Wildman–Crippen MR) is 97.3 cm³/mol. The van der Waals surface area contributed by atoms with Gasteiger partial charge < -0.3 is 19.8 Å². The zero-order valence-electron chi connectivity index (χ0n) is 14.2. The van der Waals surface area contributed by atoms with Crippen molar-refractivity contribution in [3.05, 3.63) is 83.8 Å². The first-order chi connectivity index (χ1) is 12.7. The number of para-hydroxylation sites is 1. The Morgan fingerprint density at radius 1 is 1.00 bits per heavy atom. The lowest BCUT2D eigenvalue weighted by Gasteiger charge is -2.11. The summed E-state index contributed by atoms with van der Waals surface area (Å²) < 4.78 is 10.3. The summed E-state index contributed by atoms with van der Waals surface area (Å²) in [5.74, 6) is 0.608. The van der Waals surface area contributed by atoms with Crippen LogP contribution in [0.25, 0.3) is 0 Å². The van der Waals surface area contributed by atoms with Gasteiger partial charge in [0.2, 0.25) is 0 Å². The van der Waals surface area contributed by atoms with Crippen LogP contribution in [0.15, 0.2) is 71.3 Å². The molecule has 2 amide bonds. The molecule has 0 unspecified atom stereocenters. The fourth-order valence-corrected chi connectivity index (χ4v) is 2.42. The molecule has 6 heteroatoms. The molecule has 3 aromatic rings. The molecule has 6 nitrogen and oxygen atoms in total. The summed E-state index contributed by atoms with van der Waals surface area (Å²) in [6, 6.07) is 17.2. The van der Waals surface area contributed by atoms with Gasteiger partial charge in [0.05, 0.1) is 31.2 Å². The highest BCUT2D eigenvalue weighted by molar-refractivity contribution is 6.09. The number of ether oxygens (including phenoxy) is 1. The van der Waals surface area contributed by atoms with Crippen LogP contribution >= 0.6 is 0 Å². The van der Waals surface area contributed by atoms with Crippen LogP contribution < -0.4 is 15.4 Å². The third kappa shape index (κ3) is 4.10. The zero-order valence-corrected chi connectivity index (χ0v) is 14.2. The van der Waals surface area contributed by atoms with Gasteiger partial charge in [0.1, 0.15) is 11.5 Å².